The smallest absolute Gasteiger partial charge is 0.259 e. The molecule has 0 bridgehead atoms. The number of sulfone groups is 2. The fourth-order valence-corrected chi connectivity index (χ4v) is 9.92. The lowest BCUT2D eigenvalue weighted by Crippen LogP contribution is -2.36. The number of amides is 2. The number of aliphatic hydroxyl groups excluding tert-OH is 1. The number of hydrogen-bond donors (Lipinski definition) is 4. The van der Waals surface area contributed by atoms with Crippen LogP contribution in [0.4, 0.5) is 11.4 Å². The van der Waals surface area contributed by atoms with Crippen molar-refractivity contribution in [2.75, 3.05) is 64.1 Å². The zero-order valence-electron chi connectivity index (χ0n) is 35.5. The van der Waals surface area contributed by atoms with E-state index in [-0.39, 0.29) is 33.3 Å². The van der Waals surface area contributed by atoms with E-state index in [1.165, 1.54) is 49.2 Å². The Morgan fingerprint density at radius 2 is 1.14 bits per heavy atom. The van der Waals surface area contributed by atoms with Crippen molar-refractivity contribution >= 4 is 78.2 Å². The number of anilines is 2. The molecule has 2 amide bonds. The Kier molecular flexibility index (Phi) is 16.7. The predicted octanol–water partition coefficient (Wildman–Crippen LogP) is 7.75. The van der Waals surface area contributed by atoms with Crippen LogP contribution in [0.15, 0.2) is 93.4 Å². The van der Waals surface area contributed by atoms with Crippen molar-refractivity contribution in [3.63, 3.8) is 0 Å². The topological polar surface area (TPSA) is 192 Å². The van der Waals surface area contributed by atoms with E-state index in [0.29, 0.717) is 43.9 Å². The van der Waals surface area contributed by atoms with Gasteiger partial charge in [0.25, 0.3) is 11.8 Å². The molecule has 0 unspecified atom stereocenters. The number of likely N-dealkylation sites (tertiary alicyclic amines) is 2. The van der Waals surface area contributed by atoms with Gasteiger partial charge in [0.15, 0.2) is 0 Å². The molecule has 18 heteroatoms. The second-order valence-electron chi connectivity index (χ2n) is 15.9. The summed E-state index contributed by atoms with van der Waals surface area (Å²) in [5.41, 5.74) is 2.22. The third-order valence-electron chi connectivity index (χ3n) is 10.9. The maximum absolute atomic E-state index is 12.9. The number of piperidine rings is 2. The summed E-state index contributed by atoms with van der Waals surface area (Å²) in [5.74, 6) is -0.726. The molecule has 5 aliphatic rings. The van der Waals surface area contributed by atoms with E-state index in [2.05, 4.69) is 34.5 Å². The first-order valence-corrected chi connectivity index (χ1v) is 24.7. The molecule has 0 aromatic heterocycles. The minimum atomic E-state index is -3.45. The third-order valence-corrected chi connectivity index (χ3v) is 14.3. The normalized spacial score (nSPS) is 18.5. The van der Waals surface area contributed by atoms with Crippen molar-refractivity contribution in [3.8, 4) is 11.5 Å². The molecule has 5 aliphatic heterocycles. The first kappa shape index (κ1) is 48.7. The molecule has 3 fully saturated rings. The van der Waals surface area contributed by atoms with E-state index in [4.69, 9.17) is 37.8 Å². The number of fused-ring (bicyclic) bond motifs is 2. The number of phenols is 1. The number of aliphatic hydroxyl groups is 1. The molecule has 342 valence electrons. The monoisotopic (exact) mass is 954 g/mol. The summed E-state index contributed by atoms with van der Waals surface area (Å²) in [6.07, 6.45) is 9.29. The first-order valence-electron chi connectivity index (χ1n) is 20.8. The standard InChI is InChI=1S/C21H21ClN2O4S.C15H10ClNO4S.C6H13NO.C4H8O/c1-24-9-6-17(7-10-24)28-19-5-3-15(22)12-18(19)21(25)23-16-4-2-14-8-11-29(26,27)20(14)13-16;16-10-2-4-13(18)12(7-10)15(19)17-11-3-1-9-5-6-22(20,21)14(9)8-11;1-7-4-2-6(8)3-5-7;1-2-4-5-3-1/h2-5,8,11-13,17H,6-7,9-10H2,1H3,(H,23,25);1-8,18H,(H,17,19);6,8H,2-5H2,1H3;1-4H2. The summed E-state index contributed by atoms with van der Waals surface area (Å²) in [7, 11) is -2.73. The van der Waals surface area contributed by atoms with Gasteiger partial charge >= 0.3 is 0 Å². The Bertz CT molecular complexity index is 2590. The molecule has 0 spiro atoms. The van der Waals surface area contributed by atoms with E-state index in [1.807, 2.05) is 0 Å². The highest BCUT2D eigenvalue weighted by Crippen LogP contribution is 2.32. The Morgan fingerprint density at radius 3 is 1.62 bits per heavy atom. The van der Waals surface area contributed by atoms with Crippen LogP contribution in [0.3, 0.4) is 0 Å². The number of nitrogens with zero attached hydrogens (tertiary/aromatic N) is 2. The number of benzene rings is 4. The molecule has 14 nitrogen and oxygen atoms in total. The number of ether oxygens (including phenoxy) is 2. The van der Waals surface area contributed by atoms with Gasteiger partial charge in [-0.15, -0.1) is 0 Å². The minimum Gasteiger partial charge on any atom is -0.507 e. The second kappa shape index (κ2) is 21.9. The lowest BCUT2D eigenvalue weighted by atomic mass is 10.1. The first-order chi connectivity index (χ1) is 30.5. The zero-order chi connectivity index (χ0) is 46.0. The Hall–Kier alpha value is -4.78. The maximum atomic E-state index is 12.9. The Balaban J connectivity index is 0.000000169. The number of halogens is 2. The van der Waals surface area contributed by atoms with Gasteiger partial charge in [0.05, 0.1) is 27.0 Å². The van der Waals surface area contributed by atoms with Gasteiger partial charge in [-0.2, -0.15) is 0 Å². The molecule has 4 N–H and O–H groups in total. The Labute approximate surface area is 384 Å². The average Bonchev–Trinajstić information content (AvgIpc) is 4.02. The van der Waals surface area contributed by atoms with Crippen LogP contribution in [-0.2, 0) is 24.4 Å². The van der Waals surface area contributed by atoms with Gasteiger partial charge in [0, 0.05) is 71.6 Å². The van der Waals surface area contributed by atoms with Crippen LogP contribution >= 0.6 is 23.2 Å². The molecular formula is C46H52Cl2N4O10S2. The molecular weight excluding hydrogens is 904 g/mol. The number of hydrogen-bond acceptors (Lipinski definition) is 12. The van der Waals surface area contributed by atoms with Crippen molar-refractivity contribution in [1.29, 1.82) is 0 Å². The highest BCUT2D eigenvalue weighted by atomic mass is 35.5. The molecule has 0 aliphatic carbocycles. The van der Waals surface area contributed by atoms with Crippen LogP contribution in [0.1, 0.15) is 70.4 Å². The van der Waals surface area contributed by atoms with Gasteiger partial charge in [0.2, 0.25) is 19.7 Å². The molecule has 4 aromatic rings. The molecule has 64 heavy (non-hydrogen) atoms. The van der Waals surface area contributed by atoms with Crippen LogP contribution in [0.25, 0.3) is 12.2 Å². The Morgan fingerprint density at radius 1 is 0.672 bits per heavy atom. The van der Waals surface area contributed by atoms with Crippen molar-refractivity contribution < 1.29 is 46.1 Å². The van der Waals surface area contributed by atoms with E-state index < -0.39 is 31.5 Å². The van der Waals surface area contributed by atoms with E-state index in [1.54, 1.807) is 48.5 Å². The van der Waals surface area contributed by atoms with Gasteiger partial charge in [-0.05, 0) is 137 Å². The van der Waals surface area contributed by atoms with Crippen molar-refractivity contribution in [2.45, 2.75) is 60.5 Å². The number of nitrogens with one attached hydrogen (secondary N) is 2. The molecule has 0 radical (unpaired) electrons. The summed E-state index contributed by atoms with van der Waals surface area (Å²) >= 11 is 11.9. The summed E-state index contributed by atoms with van der Waals surface area (Å²) in [6, 6.07) is 18.4. The van der Waals surface area contributed by atoms with Gasteiger partial charge in [-0.1, -0.05) is 35.3 Å². The van der Waals surface area contributed by atoms with Crippen molar-refractivity contribution in [3.05, 3.63) is 116 Å². The number of aromatic hydroxyl groups is 1. The highest BCUT2D eigenvalue weighted by molar-refractivity contribution is 7.95. The fourth-order valence-electron chi connectivity index (χ4n) is 7.12. The van der Waals surface area contributed by atoms with Crippen LogP contribution in [0, 0.1) is 0 Å². The third kappa shape index (κ3) is 13.4. The zero-order valence-corrected chi connectivity index (χ0v) is 38.6. The van der Waals surface area contributed by atoms with Crippen molar-refractivity contribution in [2.24, 2.45) is 0 Å². The van der Waals surface area contributed by atoms with Gasteiger partial charge in [-0.3, -0.25) is 9.59 Å². The molecule has 3 saturated heterocycles. The van der Waals surface area contributed by atoms with E-state index >= 15 is 0 Å². The van der Waals surface area contributed by atoms with Crippen molar-refractivity contribution in [1.82, 2.24) is 9.80 Å². The largest absolute Gasteiger partial charge is 0.507 e. The average molecular weight is 956 g/mol. The predicted molar refractivity (Wildman–Crippen MR) is 250 cm³/mol. The van der Waals surface area contributed by atoms with E-state index in [0.717, 1.165) is 75.9 Å². The number of carbonyl (C=O) groups excluding carboxylic acids is 2. The SMILES string of the molecule is C1CCOC1.CN1CCC(O)CC1.CN1CCC(Oc2ccc(Cl)cc2C(=O)Nc2ccc3c(c2)S(=O)(=O)C=C3)CC1.O=C(Nc1ccc2c(c1)S(=O)(=O)C=C2)c1cc(Cl)ccc1O. The van der Waals surface area contributed by atoms with Crippen LogP contribution in [0.2, 0.25) is 10.0 Å². The molecule has 0 saturated carbocycles. The molecule has 0 atom stereocenters. The minimum absolute atomic E-state index is 0.00832. The second-order valence-corrected chi connectivity index (χ2v) is 20.4. The quantitative estimate of drug-likeness (QED) is 0.147. The summed E-state index contributed by atoms with van der Waals surface area (Å²) < 4.78 is 58.8. The van der Waals surface area contributed by atoms with Gasteiger partial charge < -0.3 is 40.1 Å². The van der Waals surface area contributed by atoms with E-state index in [9.17, 15) is 31.5 Å². The number of rotatable bonds is 6. The van der Waals surface area contributed by atoms with Gasteiger partial charge in [-0.25, -0.2) is 16.8 Å². The van der Waals surface area contributed by atoms with Crippen LogP contribution < -0.4 is 15.4 Å². The lowest BCUT2D eigenvalue weighted by molar-refractivity contribution is 0.0942. The lowest BCUT2D eigenvalue weighted by Gasteiger charge is -2.29. The highest BCUT2D eigenvalue weighted by Gasteiger charge is 2.25. The van der Waals surface area contributed by atoms with Gasteiger partial charge in [0.1, 0.15) is 17.6 Å². The van der Waals surface area contributed by atoms with Crippen LogP contribution in [-0.4, -0.2) is 114 Å². The number of carbonyl (C=O) groups is 2. The summed E-state index contributed by atoms with van der Waals surface area (Å²) in [5, 5.41) is 27.0. The summed E-state index contributed by atoms with van der Waals surface area (Å²) in [4.78, 5) is 29.9. The molecule has 4 aromatic carbocycles. The van der Waals surface area contributed by atoms with Crippen LogP contribution in [0.5, 0.6) is 11.5 Å². The fraction of sp³-hybridized carbons (Fsp3) is 0.348. The maximum Gasteiger partial charge on any atom is 0.259 e. The summed E-state index contributed by atoms with van der Waals surface area (Å²) in [6.45, 7) is 6.00. The molecule has 5 heterocycles. The number of phenolic OH excluding ortho intramolecular Hbond substituents is 1. The molecule has 9 rings (SSSR count).